The monoisotopic (exact) mass is 399 g/mol. The van der Waals surface area contributed by atoms with Crippen molar-refractivity contribution in [3.05, 3.63) is 21.1 Å². The second-order valence-corrected chi connectivity index (χ2v) is 6.04. The molecule has 0 amide bonds. The Labute approximate surface area is 114 Å². The molecule has 0 aromatic carbocycles. The fraction of sp³-hybridized carbons (Fsp3) is 0.636. The van der Waals surface area contributed by atoms with Crippen molar-refractivity contribution in [1.29, 1.82) is 0 Å². The molecule has 0 spiro atoms. The average Bonchev–Trinajstić information content (AvgIpc) is 2.53. The van der Waals surface area contributed by atoms with Gasteiger partial charge in [0.1, 0.15) is 0 Å². The molecule has 2 rings (SSSR count). The second-order valence-electron chi connectivity index (χ2n) is 3.88. The molecule has 14 heavy (non-hydrogen) atoms. The predicted molar refractivity (Wildman–Crippen MR) is 61.9 cm³/mol. The van der Waals surface area contributed by atoms with Crippen molar-refractivity contribution in [3.8, 4) is 0 Å². The first kappa shape index (κ1) is 14.9. The third-order valence-corrected chi connectivity index (χ3v) is 4.78. The van der Waals surface area contributed by atoms with Crippen LogP contribution in [0.25, 0.3) is 0 Å². The van der Waals surface area contributed by atoms with Crippen LogP contribution >= 0.6 is 24.8 Å². The van der Waals surface area contributed by atoms with Crippen LogP contribution in [0.1, 0.15) is 38.5 Å². The molecule has 0 nitrogen and oxygen atoms in total. The standard InChI is InChI=1S/C11H15.2ClH.Hf/c1-2-6-10(7-3-1)11-8-4-5-9-11;;;/h4,8,10H,1-3,5-7H2;2*1H;. The normalized spacial score (nSPS) is 21.6. The molecule has 2 aliphatic rings. The van der Waals surface area contributed by atoms with E-state index in [4.69, 9.17) is 0 Å². The molecule has 3 heteroatoms. The van der Waals surface area contributed by atoms with Gasteiger partial charge in [0.05, 0.1) is 0 Å². The van der Waals surface area contributed by atoms with Crippen LogP contribution in [0.2, 0.25) is 0 Å². The summed E-state index contributed by atoms with van der Waals surface area (Å²) >= 11 is 1.29. The van der Waals surface area contributed by atoms with Crippen LogP contribution in [0.5, 0.6) is 0 Å². The van der Waals surface area contributed by atoms with Crippen molar-refractivity contribution in [2.45, 2.75) is 38.5 Å². The Kier molecular flexibility index (Phi) is 7.73. The number of allylic oxidation sites excluding steroid dienone is 4. The Hall–Kier alpha value is 0.930. The van der Waals surface area contributed by atoms with Gasteiger partial charge >= 0.3 is 89.9 Å². The summed E-state index contributed by atoms with van der Waals surface area (Å²) in [5.74, 6) is 0.949. The SMILES string of the molecule is Cl.Cl.[Hf][C]1=C(C2CCCCC2)C=CC1. The van der Waals surface area contributed by atoms with Gasteiger partial charge in [0.2, 0.25) is 0 Å². The summed E-state index contributed by atoms with van der Waals surface area (Å²) in [5, 5.41) is 0. The van der Waals surface area contributed by atoms with E-state index in [1.165, 1.54) is 62.9 Å². The van der Waals surface area contributed by atoms with Crippen molar-refractivity contribution >= 4 is 24.8 Å². The number of rotatable bonds is 1. The van der Waals surface area contributed by atoms with Gasteiger partial charge in [0, 0.05) is 0 Å². The second kappa shape index (κ2) is 7.24. The molecule has 2 aliphatic carbocycles. The molecule has 0 bridgehead atoms. The molecule has 0 aliphatic heterocycles. The minimum atomic E-state index is 0. The van der Waals surface area contributed by atoms with Crippen LogP contribution in [-0.4, -0.2) is 0 Å². The van der Waals surface area contributed by atoms with Crippen molar-refractivity contribution in [2.75, 3.05) is 0 Å². The fourth-order valence-corrected chi connectivity index (χ4v) is 3.77. The van der Waals surface area contributed by atoms with Gasteiger partial charge in [0.15, 0.2) is 0 Å². The molecule has 0 atom stereocenters. The van der Waals surface area contributed by atoms with Crippen molar-refractivity contribution in [1.82, 2.24) is 0 Å². The maximum atomic E-state index is 2.40. The summed E-state index contributed by atoms with van der Waals surface area (Å²) < 4.78 is 1.77. The molecule has 0 radical (unpaired) electrons. The van der Waals surface area contributed by atoms with E-state index in [2.05, 4.69) is 12.2 Å². The first-order valence-corrected chi connectivity index (χ1v) is 6.79. The van der Waals surface area contributed by atoms with E-state index in [1.54, 1.807) is 8.90 Å². The van der Waals surface area contributed by atoms with Gasteiger partial charge in [-0.15, -0.1) is 24.8 Å². The summed E-state index contributed by atoms with van der Waals surface area (Å²) in [5.41, 5.74) is 1.74. The van der Waals surface area contributed by atoms with Gasteiger partial charge in [-0.2, -0.15) is 0 Å². The van der Waals surface area contributed by atoms with E-state index in [0.29, 0.717) is 0 Å². The minimum absolute atomic E-state index is 0. The van der Waals surface area contributed by atoms with Crippen LogP contribution in [0, 0.1) is 5.92 Å². The van der Waals surface area contributed by atoms with Crippen molar-refractivity contribution < 1.29 is 24.4 Å². The first-order valence-electron chi connectivity index (χ1n) is 4.99. The first-order chi connectivity index (χ1) is 5.88. The summed E-state index contributed by atoms with van der Waals surface area (Å²) in [4.78, 5) is 0. The molecule has 0 saturated heterocycles. The zero-order valence-corrected chi connectivity index (χ0v) is 13.5. The van der Waals surface area contributed by atoms with Gasteiger partial charge in [-0.1, -0.05) is 0 Å². The molecule has 1 saturated carbocycles. The van der Waals surface area contributed by atoms with Gasteiger partial charge in [-0.25, -0.2) is 0 Å². The van der Waals surface area contributed by atoms with Gasteiger partial charge in [0.25, 0.3) is 0 Å². The molecule has 79 valence electrons. The summed E-state index contributed by atoms with van der Waals surface area (Å²) in [6.45, 7) is 0. The van der Waals surface area contributed by atoms with E-state index in [-0.39, 0.29) is 24.8 Å². The number of hydrogen-bond acceptors (Lipinski definition) is 0. The van der Waals surface area contributed by atoms with Crippen LogP contribution < -0.4 is 0 Å². The molecular formula is C11H17Cl2Hf. The van der Waals surface area contributed by atoms with Gasteiger partial charge in [-0.05, 0) is 0 Å². The molecule has 0 N–H and O–H groups in total. The van der Waals surface area contributed by atoms with Crippen LogP contribution in [0.15, 0.2) is 21.1 Å². The van der Waals surface area contributed by atoms with E-state index in [9.17, 15) is 0 Å². The predicted octanol–water partition coefficient (Wildman–Crippen LogP) is 4.17. The average molecular weight is 399 g/mol. The zero-order valence-electron chi connectivity index (χ0n) is 8.29. The Morgan fingerprint density at radius 1 is 1.07 bits per heavy atom. The van der Waals surface area contributed by atoms with E-state index in [1.807, 2.05) is 0 Å². The Morgan fingerprint density at radius 2 is 1.71 bits per heavy atom. The Balaban J connectivity index is 0.000000845. The third kappa shape index (κ3) is 3.50. The fourth-order valence-electron chi connectivity index (χ4n) is 2.32. The molecule has 1 fully saturated rings. The van der Waals surface area contributed by atoms with Gasteiger partial charge < -0.3 is 0 Å². The third-order valence-electron chi connectivity index (χ3n) is 3.01. The summed E-state index contributed by atoms with van der Waals surface area (Å²) in [7, 11) is 0. The molecule has 0 unspecified atom stereocenters. The summed E-state index contributed by atoms with van der Waals surface area (Å²) in [6.07, 6.45) is 13.4. The molecule has 0 aromatic heterocycles. The molecule has 0 aromatic rings. The van der Waals surface area contributed by atoms with Crippen LogP contribution in [0.3, 0.4) is 0 Å². The molecule has 0 heterocycles. The van der Waals surface area contributed by atoms with E-state index < -0.39 is 0 Å². The van der Waals surface area contributed by atoms with Gasteiger partial charge in [-0.3, -0.25) is 0 Å². The molecular weight excluding hydrogens is 382 g/mol. The van der Waals surface area contributed by atoms with Crippen LogP contribution in [-0.2, 0) is 24.4 Å². The van der Waals surface area contributed by atoms with Crippen molar-refractivity contribution in [2.24, 2.45) is 5.92 Å². The Morgan fingerprint density at radius 3 is 2.21 bits per heavy atom. The maximum absolute atomic E-state index is 2.40. The zero-order chi connectivity index (χ0) is 8.39. The van der Waals surface area contributed by atoms with E-state index in [0.717, 1.165) is 5.92 Å². The van der Waals surface area contributed by atoms with E-state index >= 15 is 0 Å². The van der Waals surface area contributed by atoms with Crippen LogP contribution in [0.4, 0.5) is 0 Å². The number of hydrogen-bond donors (Lipinski definition) is 0. The number of halogens is 2. The summed E-state index contributed by atoms with van der Waals surface area (Å²) in [6, 6.07) is 0. The topological polar surface area (TPSA) is 0 Å². The quantitative estimate of drug-likeness (QED) is 0.582. The van der Waals surface area contributed by atoms with Crippen molar-refractivity contribution in [3.63, 3.8) is 0 Å². The Bertz CT molecular complexity index is 227.